The molecule has 2 rings (SSSR count). The van der Waals surface area contributed by atoms with Crippen molar-refractivity contribution in [1.29, 1.82) is 0 Å². The molecule has 1 aromatic carbocycles. The molecule has 0 aliphatic carbocycles. The third-order valence-corrected chi connectivity index (χ3v) is 3.86. The summed E-state index contributed by atoms with van der Waals surface area (Å²) in [4.78, 5) is 37.5. The standard InChI is InChI=1S/C14H15N5O4S/c1-3-17-12(20)11(13(21)18(4-2)14(17)24)16-15-9-6-5-7-10(8-9)19(22)23/h5-8,11H,3-4H2,1-2H3. The van der Waals surface area contributed by atoms with Crippen molar-refractivity contribution in [3.05, 3.63) is 34.4 Å². The van der Waals surface area contributed by atoms with Crippen molar-refractivity contribution in [2.45, 2.75) is 19.9 Å². The van der Waals surface area contributed by atoms with Crippen molar-refractivity contribution in [2.24, 2.45) is 10.2 Å². The van der Waals surface area contributed by atoms with Gasteiger partial charge in [-0.2, -0.15) is 10.2 Å². The van der Waals surface area contributed by atoms with Gasteiger partial charge in [0.05, 0.1) is 10.6 Å². The van der Waals surface area contributed by atoms with E-state index in [1.807, 2.05) is 0 Å². The van der Waals surface area contributed by atoms with Gasteiger partial charge in [-0.1, -0.05) is 6.07 Å². The third-order valence-electron chi connectivity index (χ3n) is 3.42. The number of amides is 2. The van der Waals surface area contributed by atoms with E-state index in [9.17, 15) is 19.7 Å². The summed E-state index contributed by atoms with van der Waals surface area (Å²) in [5.74, 6) is -1.10. The summed E-state index contributed by atoms with van der Waals surface area (Å²) in [5.41, 5.74) is 0.0309. The predicted molar refractivity (Wildman–Crippen MR) is 88.8 cm³/mol. The van der Waals surface area contributed by atoms with Crippen LogP contribution in [0, 0.1) is 10.1 Å². The Morgan fingerprint density at radius 1 is 1.21 bits per heavy atom. The number of nitrogens with zero attached hydrogens (tertiary/aromatic N) is 5. The smallest absolute Gasteiger partial charge is 0.271 e. The van der Waals surface area contributed by atoms with Gasteiger partial charge < -0.3 is 0 Å². The fraction of sp³-hybridized carbons (Fsp3) is 0.357. The lowest BCUT2D eigenvalue weighted by Gasteiger charge is -2.36. The number of benzene rings is 1. The van der Waals surface area contributed by atoms with Crippen LogP contribution in [0.4, 0.5) is 11.4 Å². The van der Waals surface area contributed by atoms with Crippen LogP contribution in [-0.4, -0.2) is 50.8 Å². The van der Waals surface area contributed by atoms with Gasteiger partial charge in [-0.25, -0.2) is 0 Å². The monoisotopic (exact) mass is 349 g/mol. The van der Waals surface area contributed by atoms with Gasteiger partial charge >= 0.3 is 0 Å². The van der Waals surface area contributed by atoms with Crippen LogP contribution in [0.2, 0.25) is 0 Å². The summed E-state index contributed by atoms with van der Waals surface area (Å²) >= 11 is 5.14. The van der Waals surface area contributed by atoms with Crippen LogP contribution in [-0.2, 0) is 9.59 Å². The number of carbonyl (C=O) groups is 2. The topological polar surface area (TPSA) is 108 Å². The molecule has 0 N–H and O–H groups in total. The fourth-order valence-electron chi connectivity index (χ4n) is 2.21. The zero-order chi connectivity index (χ0) is 17.9. The van der Waals surface area contributed by atoms with Gasteiger partial charge in [-0.05, 0) is 32.1 Å². The van der Waals surface area contributed by atoms with E-state index in [4.69, 9.17) is 12.2 Å². The first-order chi connectivity index (χ1) is 11.4. The molecule has 1 aliphatic rings. The highest BCUT2D eigenvalue weighted by Gasteiger charge is 2.42. The van der Waals surface area contributed by atoms with Crippen LogP contribution < -0.4 is 0 Å². The zero-order valence-electron chi connectivity index (χ0n) is 13.1. The van der Waals surface area contributed by atoms with Gasteiger partial charge in [0, 0.05) is 25.2 Å². The van der Waals surface area contributed by atoms with E-state index in [0.717, 1.165) is 0 Å². The Morgan fingerprint density at radius 2 is 1.79 bits per heavy atom. The Morgan fingerprint density at radius 3 is 2.29 bits per heavy atom. The number of likely N-dealkylation sites (N-methyl/N-ethyl adjacent to an activating group) is 2. The Labute approximate surface area is 143 Å². The Kier molecular flexibility index (Phi) is 5.29. The maximum absolute atomic E-state index is 12.4. The SMILES string of the molecule is CCN1C(=O)C(N=Nc2cccc([N+](=O)[O-])c2)C(=O)N(CC)C1=S. The van der Waals surface area contributed by atoms with Crippen molar-refractivity contribution in [3.63, 3.8) is 0 Å². The number of carbonyl (C=O) groups excluding carboxylic acids is 2. The lowest BCUT2D eigenvalue weighted by atomic mass is 10.2. The molecule has 9 nitrogen and oxygen atoms in total. The number of azo groups is 1. The van der Waals surface area contributed by atoms with Crippen molar-refractivity contribution in [3.8, 4) is 0 Å². The second-order valence-corrected chi connectivity index (χ2v) is 5.21. The van der Waals surface area contributed by atoms with Crippen LogP contribution in [0.15, 0.2) is 34.5 Å². The van der Waals surface area contributed by atoms with Gasteiger partial charge in [-0.3, -0.25) is 29.5 Å². The molecule has 126 valence electrons. The second-order valence-electron chi connectivity index (χ2n) is 4.84. The number of non-ortho nitro benzene ring substituents is 1. The van der Waals surface area contributed by atoms with Crippen LogP contribution in [0.3, 0.4) is 0 Å². The molecular weight excluding hydrogens is 334 g/mol. The highest BCUT2D eigenvalue weighted by molar-refractivity contribution is 7.80. The third kappa shape index (κ3) is 3.27. The lowest BCUT2D eigenvalue weighted by molar-refractivity contribution is -0.384. The van der Waals surface area contributed by atoms with Crippen LogP contribution >= 0.6 is 12.2 Å². The quantitative estimate of drug-likeness (QED) is 0.266. The van der Waals surface area contributed by atoms with E-state index in [1.54, 1.807) is 13.8 Å². The number of nitro benzene ring substituents is 1. The molecule has 0 saturated carbocycles. The maximum Gasteiger partial charge on any atom is 0.271 e. The summed E-state index contributed by atoms with van der Waals surface area (Å²) in [6, 6.07) is 4.13. The maximum atomic E-state index is 12.4. The molecule has 1 aromatic rings. The second kappa shape index (κ2) is 7.21. The number of thiocarbonyl (C=S) groups is 1. The summed E-state index contributed by atoms with van der Waals surface area (Å²) in [7, 11) is 0. The molecule has 0 atom stereocenters. The number of rotatable bonds is 5. The van der Waals surface area contributed by atoms with E-state index in [-0.39, 0.29) is 16.5 Å². The molecule has 10 heteroatoms. The average Bonchev–Trinajstić information content (AvgIpc) is 2.55. The van der Waals surface area contributed by atoms with Crippen molar-refractivity contribution >= 4 is 40.5 Å². The van der Waals surface area contributed by atoms with Gasteiger partial charge in [0.2, 0.25) is 6.04 Å². The van der Waals surface area contributed by atoms with Crippen molar-refractivity contribution in [1.82, 2.24) is 9.80 Å². The summed E-state index contributed by atoms with van der Waals surface area (Å²) in [5, 5.41) is 18.5. The Bertz CT molecular complexity index is 710. The highest BCUT2D eigenvalue weighted by Crippen LogP contribution is 2.22. The number of hydrogen-bond acceptors (Lipinski definition) is 7. The van der Waals surface area contributed by atoms with Crippen LogP contribution in [0.5, 0.6) is 0 Å². The minimum absolute atomic E-state index is 0.150. The fourth-order valence-corrected chi connectivity index (χ4v) is 2.65. The molecule has 1 aliphatic heterocycles. The Hall–Kier alpha value is -2.75. The highest BCUT2D eigenvalue weighted by atomic mass is 32.1. The minimum Gasteiger partial charge on any atom is -0.287 e. The molecular formula is C14H15N5O4S. The van der Waals surface area contributed by atoms with Crippen LogP contribution in [0.1, 0.15) is 13.8 Å². The van der Waals surface area contributed by atoms with Gasteiger partial charge in [-0.15, -0.1) is 0 Å². The first-order valence-electron chi connectivity index (χ1n) is 7.22. The van der Waals surface area contributed by atoms with Crippen LogP contribution in [0.25, 0.3) is 0 Å². The molecule has 0 bridgehead atoms. The minimum atomic E-state index is -1.34. The van der Waals surface area contributed by atoms with E-state index in [0.29, 0.717) is 13.1 Å². The summed E-state index contributed by atoms with van der Waals surface area (Å²) < 4.78 is 0. The molecule has 0 aromatic heterocycles. The van der Waals surface area contributed by atoms with E-state index in [2.05, 4.69) is 10.2 Å². The molecule has 24 heavy (non-hydrogen) atoms. The predicted octanol–water partition coefficient (Wildman–Crippen LogP) is 2.04. The molecule has 0 unspecified atom stereocenters. The van der Waals surface area contributed by atoms with Gasteiger partial charge in [0.15, 0.2) is 5.11 Å². The first-order valence-corrected chi connectivity index (χ1v) is 7.63. The van der Waals surface area contributed by atoms with E-state index < -0.39 is 22.8 Å². The van der Waals surface area contributed by atoms with Crippen molar-refractivity contribution in [2.75, 3.05) is 13.1 Å². The number of hydrogen-bond donors (Lipinski definition) is 0. The first kappa shape index (κ1) is 17.6. The molecule has 2 amide bonds. The van der Waals surface area contributed by atoms with E-state index in [1.165, 1.54) is 34.1 Å². The summed E-state index contributed by atoms with van der Waals surface area (Å²) in [6.45, 7) is 4.10. The molecule has 1 heterocycles. The molecule has 1 saturated heterocycles. The largest absolute Gasteiger partial charge is 0.287 e. The molecule has 1 fully saturated rings. The number of nitro groups is 1. The molecule has 0 spiro atoms. The lowest BCUT2D eigenvalue weighted by Crippen LogP contribution is -2.61. The van der Waals surface area contributed by atoms with Crippen molar-refractivity contribution < 1.29 is 14.5 Å². The summed E-state index contributed by atoms with van der Waals surface area (Å²) in [6.07, 6.45) is 0. The Balaban J connectivity index is 2.31. The zero-order valence-corrected chi connectivity index (χ0v) is 13.9. The van der Waals surface area contributed by atoms with Gasteiger partial charge in [0.25, 0.3) is 17.5 Å². The average molecular weight is 349 g/mol. The van der Waals surface area contributed by atoms with E-state index >= 15 is 0 Å². The normalized spacial score (nSPS) is 16.3. The van der Waals surface area contributed by atoms with Gasteiger partial charge in [0.1, 0.15) is 0 Å². The molecule has 0 radical (unpaired) electrons.